The number of aliphatic hydroxyl groups excluding tert-OH is 1. The minimum absolute atomic E-state index is 0.0854. The van der Waals surface area contributed by atoms with Crippen molar-refractivity contribution in [3.8, 4) is 0 Å². The molecule has 1 aromatic heterocycles. The number of aromatic nitrogens is 2. The Hall–Kier alpha value is -1.40. The maximum atomic E-state index is 12.8. The van der Waals surface area contributed by atoms with Crippen LogP contribution in [0.5, 0.6) is 0 Å². The van der Waals surface area contributed by atoms with Crippen molar-refractivity contribution in [2.75, 3.05) is 13.1 Å². The number of nitrogens with one attached hydrogen (secondary N) is 3. The highest BCUT2D eigenvalue weighted by Gasteiger charge is 2.39. The predicted octanol–water partition coefficient (Wildman–Crippen LogP) is 1.55. The quantitative estimate of drug-likeness (QED) is 0.676. The van der Waals surface area contributed by atoms with Gasteiger partial charge in [-0.05, 0) is 50.6 Å². The Morgan fingerprint density at radius 3 is 2.71 bits per heavy atom. The number of rotatable bonds is 3. The largest absolute Gasteiger partial charge is 0.391 e. The molecule has 4 atom stereocenters. The molecule has 1 saturated heterocycles. The smallest absolute Gasteiger partial charge is 0.255 e. The van der Waals surface area contributed by atoms with Gasteiger partial charge in [-0.1, -0.05) is 19.3 Å². The van der Waals surface area contributed by atoms with E-state index in [9.17, 15) is 9.90 Å². The van der Waals surface area contributed by atoms with Crippen LogP contribution in [0.2, 0.25) is 0 Å². The molecule has 3 fully saturated rings. The van der Waals surface area contributed by atoms with Crippen LogP contribution in [-0.4, -0.2) is 46.4 Å². The number of H-pyrrole nitrogens is 1. The Kier molecular flexibility index (Phi) is 4.59. The zero-order chi connectivity index (χ0) is 16.5. The van der Waals surface area contributed by atoms with Crippen molar-refractivity contribution in [1.29, 1.82) is 0 Å². The molecule has 2 heterocycles. The molecular formula is C18H28N4O2. The third kappa shape index (κ3) is 3.09. The lowest BCUT2D eigenvalue weighted by Crippen LogP contribution is -2.49. The van der Waals surface area contributed by atoms with E-state index in [0.29, 0.717) is 23.3 Å². The zero-order valence-electron chi connectivity index (χ0n) is 14.1. The average Bonchev–Trinajstić information content (AvgIpc) is 3.24. The zero-order valence-corrected chi connectivity index (χ0v) is 14.1. The highest BCUT2D eigenvalue weighted by molar-refractivity contribution is 5.95. The van der Waals surface area contributed by atoms with E-state index >= 15 is 0 Å². The van der Waals surface area contributed by atoms with Gasteiger partial charge >= 0.3 is 0 Å². The normalized spacial score (nSPS) is 34.0. The number of aliphatic hydroxyl groups is 1. The molecular weight excluding hydrogens is 304 g/mol. The van der Waals surface area contributed by atoms with Crippen LogP contribution in [0.4, 0.5) is 0 Å². The van der Waals surface area contributed by atoms with Crippen molar-refractivity contribution in [3.63, 3.8) is 0 Å². The van der Waals surface area contributed by atoms with Crippen LogP contribution in [0.25, 0.3) is 0 Å². The lowest BCUT2D eigenvalue weighted by molar-refractivity contribution is 0.0461. The SMILES string of the molecule is O=C(N[C@H]1C[C@H]2CNC[C@H]2C[C@@H]1O)c1cn[nH]c1C1CCCCC1. The van der Waals surface area contributed by atoms with Gasteiger partial charge in [-0.15, -0.1) is 0 Å². The van der Waals surface area contributed by atoms with Crippen molar-refractivity contribution < 1.29 is 9.90 Å². The van der Waals surface area contributed by atoms with E-state index in [1.54, 1.807) is 6.20 Å². The molecule has 1 amide bonds. The summed E-state index contributed by atoms with van der Waals surface area (Å²) in [5, 5.41) is 24.1. The van der Waals surface area contributed by atoms with Gasteiger partial charge in [0.25, 0.3) is 5.91 Å². The van der Waals surface area contributed by atoms with E-state index in [1.807, 2.05) is 0 Å². The molecule has 0 unspecified atom stereocenters. The van der Waals surface area contributed by atoms with Crippen LogP contribution in [0.1, 0.15) is 66.9 Å². The van der Waals surface area contributed by atoms with Gasteiger partial charge in [0.1, 0.15) is 0 Å². The Labute approximate surface area is 142 Å². The number of carbonyl (C=O) groups excluding carboxylic acids is 1. The van der Waals surface area contributed by atoms with E-state index in [4.69, 9.17) is 0 Å². The van der Waals surface area contributed by atoms with Crippen LogP contribution in [-0.2, 0) is 0 Å². The van der Waals surface area contributed by atoms with E-state index in [-0.39, 0.29) is 11.9 Å². The molecule has 0 spiro atoms. The summed E-state index contributed by atoms with van der Waals surface area (Å²) in [5.74, 6) is 1.46. The molecule has 0 radical (unpaired) electrons. The Morgan fingerprint density at radius 2 is 1.92 bits per heavy atom. The highest BCUT2D eigenvalue weighted by atomic mass is 16.3. The van der Waals surface area contributed by atoms with Gasteiger partial charge in [0, 0.05) is 5.92 Å². The topological polar surface area (TPSA) is 90.0 Å². The molecule has 0 aromatic carbocycles. The maximum Gasteiger partial charge on any atom is 0.255 e. The summed E-state index contributed by atoms with van der Waals surface area (Å²) in [6.45, 7) is 2.00. The third-order valence-electron chi connectivity index (χ3n) is 6.29. The van der Waals surface area contributed by atoms with Crippen molar-refractivity contribution in [1.82, 2.24) is 20.8 Å². The van der Waals surface area contributed by atoms with Crippen LogP contribution in [0.15, 0.2) is 6.20 Å². The third-order valence-corrected chi connectivity index (χ3v) is 6.29. The Balaban J connectivity index is 1.43. The van der Waals surface area contributed by atoms with Crippen LogP contribution >= 0.6 is 0 Å². The van der Waals surface area contributed by atoms with Gasteiger partial charge in [0.2, 0.25) is 0 Å². The van der Waals surface area contributed by atoms with Crippen LogP contribution in [0.3, 0.4) is 0 Å². The lowest BCUT2D eigenvalue weighted by atomic mass is 9.77. The fourth-order valence-electron chi connectivity index (χ4n) is 4.88. The average molecular weight is 332 g/mol. The molecule has 0 bridgehead atoms. The van der Waals surface area contributed by atoms with E-state index < -0.39 is 6.10 Å². The number of hydrogen-bond acceptors (Lipinski definition) is 4. The van der Waals surface area contributed by atoms with Crippen molar-refractivity contribution in [2.24, 2.45) is 11.8 Å². The number of carbonyl (C=O) groups is 1. The molecule has 6 nitrogen and oxygen atoms in total. The fourth-order valence-corrected chi connectivity index (χ4v) is 4.88. The first-order chi connectivity index (χ1) is 11.7. The van der Waals surface area contributed by atoms with E-state index in [0.717, 1.165) is 44.5 Å². The molecule has 4 N–H and O–H groups in total. The second kappa shape index (κ2) is 6.84. The van der Waals surface area contributed by atoms with Gasteiger partial charge in [0.05, 0.1) is 29.6 Å². The van der Waals surface area contributed by atoms with Gasteiger partial charge < -0.3 is 15.7 Å². The molecule has 4 rings (SSSR count). The molecule has 2 aliphatic carbocycles. The molecule has 2 saturated carbocycles. The van der Waals surface area contributed by atoms with Crippen LogP contribution < -0.4 is 10.6 Å². The first-order valence-electron chi connectivity index (χ1n) is 9.45. The Morgan fingerprint density at radius 1 is 1.17 bits per heavy atom. The highest BCUT2D eigenvalue weighted by Crippen LogP contribution is 2.35. The maximum absolute atomic E-state index is 12.8. The second-order valence-corrected chi connectivity index (χ2v) is 7.83. The number of amides is 1. The molecule has 1 aliphatic heterocycles. The molecule has 3 aliphatic rings. The molecule has 132 valence electrons. The minimum atomic E-state index is -0.444. The van der Waals surface area contributed by atoms with Crippen molar-refractivity contribution in [2.45, 2.75) is 63.0 Å². The summed E-state index contributed by atoms with van der Waals surface area (Å²) in [6.07, 6.45) is 8.84. The summed E-state index contributed by atoms with van der Waals surface area (Å²) in [6, 6.07) is -0.146. The Bertz CT molecular complexity index is 581. The summed E-state index contributed by atoms with van der Waals surface area (Å²) in [7, 11) is 0. The van der Waals surface area contributed by atoms with Gasteiger partial charge in [-0.2, -0.15) is 5.10 Å². The first kappa shape index (κ1) is 16.1. The van der Waals surface area contributed by atoms with Gasteiger partial charge in [-0.25, -0.2) is 0 Å². The minimum Gasteiger partial charge on any atom is -0.391 e. The van der Waals surface area contributed by atoms with E-state index in [1.165, 1.54) is 19.3 Å². The summed E-state index contributed by atoms with van der Waals surface area (Å²) < 4.78 is 0. The number of nitrogens with zero attached hydrogens (tertiary/aromatic N) is 1. The summed E-state index contributed by atoms with van der Waals surface area (Å²) in [4.78, 5) is 12.8. The van der Waals surface area contributed by atoms with Crippen LogP contribution in [0, 0.1) is 11.8 Å². The second-order valence-electron chi connectivity index (χ2n) is 7.83. The van der Waals surface area contributed by atoms with Crippen molar-refractivity contribution in [3.05, 3.63) is 17.5 Å². The monoisotopic (exact) mass is 332 g/mol. The van der Waals surface area contributed by atoms with E-state index in [2.05, 4.69) is 20.8 Å². The molecule has 1 aromatic rings. The number of hydrogen-bond donors (Lipinski definition) is 4. The predicted molar refractivity (Wildman–Crippen MR) is 90.8 cm³/mol. The first-order valence-corrected chi connectivity index (χ1v) is 9.45. The lowest BCUT2D eigenvalue weighted by Gasteiger charge is -2.35. The van der Waals surface area contributed by atoms with Crippen molar-refractivity contribution >= 4 is 5.91 Å². The standard InChI is InChI=1S/C18H28N4O2/c23-16-7-13-9-19-8-12(13)6-15(16)21-18(24)14-10-20-22-17(14)11-4-2-1-3-5-11/h10-13,15-16,19,23H,1-9H2,(H,20,22)(H,21,24)/t12-,13+,15-,16-/m0/s1. The number of aromatic amines is 1. The van der Waals surface area contributed by atoms with Gasteiger partial charge in [-0.3, -0.25) is 9.89 Å². The summed E-state index contributed by atoms with van der Waals surface area (Å²) in [5.41, 5.74) is 1.65. The molecule has 6 heteroatoms. The van der Waals surface area contributed by atoms with Gasteiger partial charge in [0.15, 0.2) is 0 Å². The number of fused-ring (bicyclic) bond motifs is 1. The fraction of sp³-hybridized carbons (Fsp3) is 0.778. The summed E-state index contributed by atoms with van der Waals surface area (Å²) >= 11 is 0. The molecule has 24 heavy (non-hydrogen) atoms.